The molecule has 1 nitrogen and oxygen atoms in total. The molecule has 0 bridgehead atoms. The summed E-state index contributed by atoms with van der Waals surface area (Å²) in [6, 6.07) is 9.88. The van der Waals surface area contributed by atoms with E-state index in [9.17, 15) is 0 Å². The van der Waals surface area contributed by atoms with Crippen LogP contribution in [0.15, 0.2) is 29.8 Å². The number of aryl methyl sites for hydroxylation is 1. The summed E-state index contributed by atoms with van der Waals surface area (Å²) >= 11 is 0. The quantitative estimate of drug-likeness (QED) is 0.810. The van der Waals surface area contributed by atoms with Crippen molar-refractivity contribution < 1.29 is 0 Å². The summed E-state index contributed by atoms with van der Waals surface area (Å²) in [7, 11) is 0. The van der Waals surface area contributed by atoms with Crippen LogP contribution < -0.4 is 5.32 Å². The minimum absolute atomic E-state index is 0.503. The number of hydrogen-bond acceptors (Lipinski definition) is 1. The summed E-state index contributed by atoms with van der Waals surface area (Å²) in [5, 5.41) is 3.68. The van der Waals surface area contributed by atoms with Gasteiger partial charge >= 0.3 is 0 Å². The monoisotopic (exact) mass is 229 g/mol. The summed E-state index contributed by atoms with van der Waals surface area (Å²) in [6.07, 6.45) is 2.37. The SMILES string of the molecule is CCC1CC(c2ccccc2C)=C(C)C(C)N1. The van der Waals surface area contributed by atoms with Gasteiger partial charge in [0, 0.05) is 12.1 Å². The van der Waals surface area contributed by atoms with Crippen molar-refractivity contribution >= 4 is 5.57 Å². The van der Waals surface area contributed by atoms with Crippen LogP contribution in [0.4, 0.5) is 0 Å². The molecule has 1 heterocycles. The van der Waals surface area contributed by atoms with Gasteiger partial charge in [0.25, 0.3) is 0 Å². The number of nitrogens with one attached hydrogen (secondary N) is 1. The van der Waals surface area contributed by atoms with E-state index < -0.39 is 0 Å². The molecule has 0 radical (unpaired) electrons. The third-order valence-corrected chi connectivity index (χ3v) is 4.02. The molecule has 0 aromatic heterocycles. The Hall–Kier alpha value is -1.08. The van der Waals surface area contributed by atoms with E-state index in [1.807, 2.05) is 0 Å². The van der Waals surface area contributed by atoms with Gasteiger partial charge in [-0.2, -0.15) is 0 Å². The molecule has 1 heteroatoms. The topological polar surface area (TPSA) is 12.0 Å². The average molecular weight is 229 g/mol. The van der Waals surface area contributed by atoms with Crippen molar-refractivity contribution in [3.63, 3.8) is 0 Å². The van der Waals surface area contributed by atoms with Crippen LogP contribution in [0.3, 0.4) is 0 Å². The highest BCUT2D eigenvalue weighted by molar-refractivity contribution is 5.72. The smallest absolute Gasteiger partial charge is 0.0257 e. The van der Waals surface area contributed by atoms with Crippen LogP contribution in [-0.2, 0) is 0 Å². The van der Waals surface area contributed by atoms with E-state index in [4.69, 9.17) is 0 Å². The van der Waals surface area contributed by atoms with Crippen molar-refractivity contribution in [3.05, 3.63) is 41.0 Å². The van der Waals surface area contributed by atoms with E-state index >= 15 is 0 Å². The molecule has 17 heavy (non-hydrogen) atoms. The van der Waals surface area contributed by atoms with Crippen LogP contribution in [0, 0.1) is 6.92 Å². The van der Waals surface area contributed by atoms with Crippen LogP contribution in [0.25, 0.3) is 5.57 Å². The molecule has 2 unspecified atom stereocenters. The molecule has 92 valence electrons. The Kier molecular flexibility index (Phi) is 3.68. The lowest BCUT2D eigenvalue weighted by atomic mass is 9.85. The first kappa shape index (κ1) is 12.4. The third kappa shape index (κ3) is 2.44. The molecule has 0 saturated carbocycles. The van der Waals surface area contributed by atoms with E-state index in [-0.39, 0.29) is 0 Å². The molecule has 1 aliphatic rings. The zero-order chi connectivity index (χ0) is 12.4. The largest absolute Gasteiger partial charge is 0.307 e. The fourth-order valence-corrected chi connectivity index (χ4v) is 2.70. The zero-order valence-corrected chi connectivity index (χ0v) is 11.4. The fourth-order valence-electron chi connectivity index (χ4n) is 2.70. The Morgan fingerprint density at radius 1 is 1.24 bits per heavy atom. The predicted molar refractivity (Wildman–Crippen MR) is 75.1 cm³/mol. The highest BCUT2D eigenvalue weighted by atomic mass is 15.0. The molecule has 0 aliphatic carbocycles. The molecule has 1 aliphatic heterocycles. The molecule has 2 atom stereocenters. The number of hydrogen-bond donors (Lipinski definition) is 1. The lowest BCUT2D eigenvalue weighted by Gasteiger charge is -2.32. The maximum Gasteiger partial charge on any atom is 0.0257 e. The summed E-state index contributed by atoms with van der Waals surface area (Å²) in [5.41, 5.74) is 5.90. The average Bonchev–Trinajstić information content (AvgIpc) is 2.33. The van der Waals surface area contributed by atoms with Gasteiger partial charge in [-0.15, -0.1) is 0 Å². The van der Waals surface area contributed by atoms with Gasteiger partial charge in [0.05, 0.1) is 0 Å². The summed E-state index contributed by atoms with van der Waals surface area (Å²) in [5.74, 6) is 0. The Bertz CT molecular complexity index is 431. The summed E-state index contributed by atoms with van der Waals surface area (Å²) < 4.78 is 0. The molecule has 0 saturated heterocycles. The molecular weight excluding hydrogens is 206 g/mol. The van der Waals surface area contributed by atoms with Gasteiger partial charge in [0.2, 0.25) is 0 Å². The van der Waals surface area contributed by atoms with Crippen molar-refractivity contribution in [2.75, 3.05) is 0 Å². The molecule has 0 spiro atoms. The molecule has 0 fully saturated rings. The second kappa shape index (κ2) is 5.05. The molecule has 1 aromatic rings. The summed E-state index contributed by atoms with van der Waals surface area (Å²) in [6.45, 7) is 9.02. The van der Waals surface area contributed by atoms with Crippen LogP contribution in [0.2, 0.25) is 0 Å². The third-order valence-electron chi connectivity index (χ3n) is 4.02. The van der Waals surface area contributed by atoms with E-state index in [1.54, 1.807) is 5.57 Å². The predicted octanol–water partition coefficient (Wildman–Crippen LogP) is 3.93. The van der Waals surface area contributed by atoms with E-state index in [1.165, 1.54) is 23.1 Å². The van der Waals surface area contributed by atoms with Gasteiger partial charge in [-0.1, -0.05) is 36.8 Å². The van der Waals surface area contributed by atoms with Gasteiger partial charge in [-0.05, 0) is 50.3 Å². The highest BCUT2D eigenvalue weighted by Crippen LogP contribution is 2.32. The van der Waals surface area contributed by atoms with Crippen LogP contribution in [0.5, 0.6) is 0 Å². The van der Waals surface area contributed by atoms with Crippen LogP contribution >= 0.6 is 0 Å². The Labute approximate surface area is 105 Å². The maximum absolute atomic E-state index is 3.68. The Morgan fingerprint density at radius 2 is 1.94 bits per heavy atom. The van der Waals surface area contributed by atoms with Crippen LogP contribution in [0.1, 0.15) is 44.7 Å². The molecule has 1 N–H and O–H groups in total. The first-order chi connectivity index (χ1) is 8.13. The fraction of sp³-hybridized carbons (Fsp3) is 0.500. The number of rotatable bonds is 2. The molecule has 2 rings (SSSR count). The number of benzene rings is 1. The first-order valence-corrected chi connectivity index (χ1v) is 6.65. The minimum Gasteiger partial charge on any atom is -0.307 e. The maximum atomic E-state index is 3.68. The zero-order valence-electron chi connectivity index (χ0n) is 11.4. The van der Waals surface area contributed by atoms with Gasteiger partial charge in [0.1, 0.15) is 0 Å². The van der Waals surface area contributed by atoms with E-state index in [0.29, 0.717) is 12.1 Å². The van der Waals surface area contributed by atoms with Crippen molar-refractivity contribution in [1.82, 2.24) is 5.32 Å². The second-order valence-electron chi connectivity index (χ2n) is 5.17. The molecule has 0 amide bonds. The first-order valence-electron chi connectivity index (χ1n) is 6.65. The van der Waals surface area contributed by atoms with Crippen molar-refractivity contribution in [3.8, 4) is 0 Å². The Balaban J connectivity index is 2.42. The van der Waals surface area contributed by atoms with Crippen LogP contribution in [-0.4, -0.2) is 12.1 Å². The standard InChI is InChI=1S/C16H23N/c1-5-14-10-16(12(3)13(4)17-14)15-9-7-6-8-11(15)2/h6-9,13-14,17H,5,10H2,1-4H3. The van der Waals surface area contributed by atoms with Gasteiger partial charge in [-0.3, -0.25) is 0 Å². The highest BCUT2D eigenvalue weighted by Gasteiger charge is 2.23. The van der Waals surface area contributed by atoms with E-state index in [0.717, 1.165) is 6.42 Å². The molecule has 1 aromatic carbocycles. The minimum atomic E-state index is 0.503. The Morgan fingerprint density at radius 3 is 2.59 bits per heavy atom. The molecular formula is C16H23N. The van der Waals surface area contributed by atoms with Crippen molar-refractivity contribution in [1.29, 1.82) is 0 Å². The second-order valence-corrected chi connectivity index (χ2v) is 5.17. The van der Waals surface area contributed by atoms with Crippen molar-refractivity contribution in [2.45, 2.75) is 52.6 Å². The van der Waals surface area contributed by atoms with Gasteiger partial charge < -0.3 is 5.32 Å². The van der Waals surface area contributed by atoms with Gasteiger partial charge in [-0.25, -0.2) is 0 Å². The lowest BCUT2D eigenvalue weighted by molar-refractivity contribution is 0.450. The van der Waals surface area contributed by atoms with Crippen molar-refractivity contribution in [2.24, 2.45) is 0 Å². The summed E-state index contributed by atoms with van der Waals surface area (Å²) in [4.78, 5) is 0. The van der Waals surface area contributed by atoms with E-state index in [2.05, 4.69) is 57.3 Å². The normalized spacial score (nSPS) is 25.2. The van der Waals surface area contributed by atoms with Gasteiger partial charge in [0.15, 0.2) is 0 Å². The lowest BCUT2D eigenvalue weighted by Crippen LogP contribution is -2.41.